The third-order valence-corrected chi connectivity index (χ3v) is 4.35. The Hall–Kier alpha value is -1.30. The molecule has 1 saturated heterocycles. The summed E-state index contributed by atoms with van der Waals surface area (Å²) in [7, 11) is 0. The summed E-state index contributed by atoms with van der Waals surface area (Å²) in [5.74, 6) is 1.35. The van der Waals surface area contributed by atoms with Gasteiger partial charge in [-0.3, -0.25) is 14.6 Å². The number of nitrogens with zero attached hydrogens (tertiary/aromatic N) is 2. The number of ether oxygens (including phenoxy) is 1. The Labute approximate surface area is 149 Å². The number of halogens is 1. The highest BCUT2D eigenvalue weighted by Gasteiger charge is 2.18. The van der Waals surface area contributed by atoms with E-state index in [4.69, 9.17) is 16.3 Å². The van der Waals surface area contributed by atoms with Crippen LogP contribution < -0.4 is 10.1 Å². The molecule has 0 aromatic heterocycles. The number of para-hydroxylation sites is 1. The maximum Gasteiger partial charge on any atom is 0.234 e. The molecule has 1 fully saturated rings. The van der Waals surface area contributed by atoms with Crippen molar-refractivity contribution < 1.29 is 9.53 Å². The molecule has 1 heterocycles. The van der Waals surface area contributed by atoms with Crippen LogP contribution in [0.15, 0.2) is 24.3 Å². The molecule has 0 aliphatic carbocycles. The Morgan fingerprint density at radius 3 is 2.54 bits per heavy atom. The van der Waals surface area contributed by atoms with Crippen molar-refractivity contribution in [1.29, 1.82) is 0 Å². The first-order valence-electron chi connectivity index (χ1n) is 8.63. The molecule has 24 heavy (non-hydrogen) atoms. The van der Waals surface area contributed by atoms with Crippen LogP contribution in [0, 0.1) is 5.92 Å². The molecule has 134 valence electrons. The molecule has 0 saturated carbocycles. The van der Waals surface area contributed by atoms with E-state index in [-0.39, 0.29) is 5.91 Å². The lowest BCUT2D eigenvalue weighted by Crippen LogP contribution is -2.50. The number of carbonyl (C=O) groups is 1. The van der Waals surface area contributed by atoms with Gasteiger partial charge in [0.2, 0.25) is 5.91 Å². The van der Waals surface area contributed by atoms with E-state index in [0.29, 0.717) is 24.1 Å². The van der Waals surface area contributed by atoms with Crippen LogP contribution in [0.1, 0.15) is 13.8 Å². The number of carbonyl (C=O) groups excluding carboxylic acids is 1. The maximum absolute atomic E-state index is 11.9. The monoisotopic (exact) mass is 353 g/mol. The number of rotatable bonds is 8. The maximum atomic E-state index is 11.9. The van der Waals surface area contributed by atoms with Gasteiger partial charge in [0.25, 0.3) is 0 Å². The smallest absolute Gasteiger partial charge is 0.234 e. The number of hydrogen-bond donors (Lipinski definition) is 1. The predicted molar refractivity (Wildman–Crippen MR) is 97.7 cm³/mol. The zero-order valence-corrected chi connectivity index (χ0v) is 15.4. The molecule has 1 aromatic rings. The summed E-state index contributed by atoms with van der Waals surface area (Å²) in [5.41, 5.74) is 0. The van der Waals surface area contributed by atoms with Crippen LogP contribution >= 0.6 is 11.6 Å². The summed E-state index contributed by atoms with van der Waals surface area (Å²) in [5, 5.41) is 3.62. The average Bonchev–Trinajstić information content (AvgIpc) is 2.56. The van der Waals surface area contributed by atoms with Crippen LogP contribution in [0.2, 0.25) is 5.02 Å². The van der Waals surface area contributed by atoms with Crippen molar-refractivity contribution in [2.24, 2.45) is 5.92 Å². The van der Waals surface area contributed by atoms with Gasteiger partial charge in [-0.1, -0.05) is 37.6 Å². The minimum Gasteiger partial charge on any atom is -0.491 e. The Balaban J connectivity index is 1.61. The van der Waals surface area contributed by atoms with Crippen molar-refractivity contribution in [3.8, 4) is 5.75 Å². The fraction of sp³-hybridized carbons (Fsp3) is 0.611. The van der Waals surface area contributed by atoms with Crippen LogP contribution in [0.5, 0.6) is 5.75 Å². The van der Waals surface area contributed by atoms with Gasteiger partial charge in [-0.15, -0.1) is 0 Å². The Morgan fingerprint density at radius 1 is 1.21 bits per heavy atom. The normalized spacial score (nSPS) is 16.3. The summed E-state index contributed by atoms with van der Waals surface area (Å²) in [6.07, 6.45) is 0. The van der Waals surface area contributed by atoms with Gasteiger partial charge in [0, 0.05) is 39.3 Å². The number of amides is 1. The molecule has 1 N–H and O–H groups in total. The second-order valence-electron chi connectivity index (χ2n) is 6.59. The molecule has 5 nitrogen and oxygen atoms in total. The molecule has 2 rings (SSSR count). The van der Waals surface area contributed by atoms with Crippen LogP contribution in [-0.4, -0.2) is 68.1 Å². The minimum absolute atomic E-state index is 0.124. The van der Waals surface area contributed by atoms with Crippen molar-refractivity contribution in [3.63, 3.8) is 0 Å². The number of nitrogens with one attached hydrogen (secondary N) is 1. The topological polar surface area (TPSA) is 44.8 Å². The zero-order valence-electron chi connectivity index (χ0n) is 14.6. The molecule has 1 aliphatic rings. The van der Waals surface area contributed by atoms with Gasteiger partial charge in [0.05, 0.1) is 11.6 Å². The van der Waals surface area contributed by atoms with Crippen LogP contribution in [0.4, 0.5) is 0 Å². The molecule has 0 spiro atoms. The van der Waals surface area contributed by atoms with E-state index in [9.17, 15) is 4.79 Å². The molecule has 1 aromatic carbocycles. The third-order valence-electron chi connectivity index (χ3n) is 4.04. The van der Waals surface area contributed by atoms with Gasteiger partial charge in [0.1, 0.15) is 12.4 Å². The SMILES string of the molecule is CC(C)CNC(=O)CN1CCN(CCOc2ccccc2Cl)CC1. The highest BCUT2D eigenvalue weighted by atomic mass is 35.5. The second-order valence-corrected chi connectivity index (χ2v) is 7.00. The van der Waals surface area contributed by atoms with Crippen molar-refractivity contribution >= 4 is 17.5 Å². The average molecular weight is 354 g/mol. The van der Waals surface area contributed by atoms with Crippen molar-refractivity contribution in [2.45, 2.75) is 13.8 Å². The van der Waals surface area contributed by atoms with E-state index in [2.05, 4.69) is 29.0 Å². The van der Waals surface area contributed by atoms with Crippen LogP contribution in [0.25, 0.3) is 0 Å². The lowest BCUT2D eigenvalue weighted by molar-refractivity contribution is -0.122. The Kier molecular flexibility index (Phi) is 7.82. The summed E-state index contributed by atoms with van der Waals surface area (Å²) in [4.78, 5) is 16.4. The largest absolute Gasteiger partial charge is 0.491 e. The molecule has 0 unspecified atom stereocenters. The van der Waals surface area contributed by atoms with Crippen molar-refractivity contribution in [2.75, 3.05) is 52.4 Å². The molecular weight excluding hydrogens is 326 g/mol. The Morgan fingerprint density at radius 2 is 1.88 bits per heavy atom. The van der Waals surface area contributed by atoms with E-state index in [1.165, 1.54) is 0 Å². The first-order valence-corrected chi connectivity index (χ1v) is 9.01. The zero-order chi connectivity index (χ0) is 17.4. The molecule has 0 bridgehead atoms. The highest BCUT2D eigenvalue weighted by Crippen LogP contribution is 2.22. The molecular formula is C18H28ClN3O2. The summed E-state index contributed by atoms with van der Waals surface area (Å²) in [6, 6.07) is 7.53. The predicted octanol–water partition coefficient (Wildman–Crippen LogP) is 2.11. The summed E-state index contributed by atoms with van der Waals surface area (Å²) >= 11 is 6.08. The molecule has 6 heteroatoms. The van der Waals surface area contributed by atoms with Crippen molar-refractivity contribution in [1.82, 2.24) is 15.1 Å². The van der Waals surface area contributed by atoms with E-state index in [1.807, 2.05) is 24.3 Å². The fourth-order valence-electron chi connectivity index (χ4n) is 2.59. The van der Waals surface area contributed by atoms with Gasteiger partial charge in [0.15, 0.2) is 0 Å². The van der Waals surface area contributed by atoms with Gasteiger partial charge in [-0.25, -0.2) is 0 Å². The number of hydrogen-bond acceptors (Lipinski definition) is 4. The first-order chi connectivity index (χ1) is 11.5. The van der Waals surface area contributed by atoms with Crippen LogP contribution in [0.3, 0.4) is 0 Å². The van der Waals surface area contributed by atoms with E-state index in [1.54, 1.807) is 0 Å². The van der Waals surface area contributed by atoms with E-state index < -0.39 is 0 Å². The molecule has 1 amide bonds. The summed E-state index contributed by atoms with van der Waals surface area (Å²) < 4.78 is 5.73. The highest BCUT2D eigenvalue weighted by molar-refractivity contribution is 6.32. The second kappa shape index (κ2) is 9.87. The number of benzene rings is 1. The van der Waals surface area contributed by atoms with Gasteiger partial charge in [-0.2, -0.15) is 0 Å². The van der Waals surface area contributed by atoms with E-state index in [0.717, 1.165) is 45.0 Å². The minimum atomic E-state index is 0.124. The fourth-order valence-corrected chi connectivity index (χ4v) is 2.78. The van der Waals surface area contributed by atoms with Crippen molar-refractivity contribution in [3.05, 3.63) is 29.3 Å². The van der Waals surface area contributed by atoms with E-state index >= 15 is 0 Å². The third kappa shape index (κ3) is 6.67. The van der Waals surface area contributed by atoms with Gasteiger partial charge >= 0.3 is 0 Å². The number of piperazine rings is 1. The summed E-state index contributed by atoms with van der Waals surface area (Å²) in [6.45, 7) is 10.7. The lowest BCUT2D eigenvalue weighted by atomic mass is 10.2. The van der Waals surface area contributed by atoms with Crippen LogP contribution in [-0.2, 0) is 4.79 Å². The van der Waals surface area contributed by atoms with Gasteiger partial charge < -0.3 is 10.1 Å². The first kappa shape index (κ1) is 19.0. The molecule has 0 atom stereocenters. The standard InChI is InChI=1S/C18H28ClN3O2/c1-15(2)13-20-18(23)14-22-9-7-21(8-10-22)11-12-24-17-6-4-3-5-16(17)19/h3-6,15H,7-14H2,1-2H3,(H,20,23). The quantitative estimate of drug-likeness (QED) is 0.777. The Bertz CT molecular complexity index is 517. The molecule has 0 radical (unpaired) electrons. The van der Waals surface area contributed by atoms with Gasteiger partial charge in [-0.05, 0) is 18.1 Å². The molecule has 1 aliphatic heterocycles. The lowest BCUT2D eigenvalue weighted by Gasteiger charge is -2.34.